The van der Waals surface area contributed by atoms with Gasteiger partial charge in [-0.15, -0.1) is 0 Å². The van der Waals surface area contributed by atoms with E-state index in [2.05, 4.69) is 10.0 Å². The minimum Gasteiger partial charge on any atom is -0.385 e. The molecule has 6 nitrogen and oxygen atoms in total. The van der Waals surface area contributed by atoms with Crippen LogP contribution in [0.25, 0.3) is 0 Å². The van der Waals surface area contributed by atoms with Gasteiger partial charge in [0.15, 0.2) is 0 Å². The zero-order chi connectivity index (χ0) is 14.5. The van der Waals surface area contributed by atoms with Gasteiger partial charge in [0, 0.05) is 45.2 Å². The lowest BCUT2D eigenvalue weighted by Gasteiger charge is -2.12. The van der Waals surface area contributed by atoms with E-state index in [1.807, 2.05) is 25.6 Å². The summed E-state index contributed by atoms with van der Waals surface area (Å²) in [6.45, 7) is 2.99. The standard InChI is InChI=1S/C12H23N3O3S/c1-10(5-6-18-4)14-19(16,17)12-7-11(8-13-2)15(3)9-12/h7,9-10,13-14H,5-6,8H2,1-4H3. The molecule has 7 heteroatoms. The van der Waals surface area contributed by atoms with Crippen molar-refractivity contribution < 1.29 is 13.2 Å². The van der Waals surface area contributed by atoms with Gasteiger partial charge >= 0.3 is 0 Å². The smallest absolute Gasteiger partial charge is 0.242 e. The van der Waals surface area contributed by atoms with Crippen molar-refractivity contribution in [2.75, 3.05) is 20.8 Å². The van der Waals surface area contributed by atoms with Crippen LogP contribution in [-0.2, 0) is 28.4 Å². The summed E-state index contributed by atoms with van der Waals surface area (Å²) in [4.78, 5) is 0.296. The van der Waals surface area contributed by atoms with Gasteiger partial charge < -0.3 is 14.6 Å². The largest absolute Gasteiger partial charge is 0.385 e. The summed E-state index contributed by atoms with van der Waals surface area (Å²) in [5, 5.41) is 3.01. The van der Waals surface area contributed by atoms with E-state index in [0.717, 1.165) is 5.69 Å². The molecule has 0 aromatic carbocycles. The van der Waals surface area contributed by atoms with Crippen LogP contribution in [0, 0.1) is 0 Å². The first kappa shape index (κ1) is 16.2. The molecule has 1 unspecified atom stereocenters. The number of hydrogen-bond donors (Lipinski definition) is 2. The summed E-state index contributed by atoms with van der Waals surface area (Å²) in [5.41, 5.74) is 0.924. The minimum absolute atomic E-state index is 0.155. The van der Waals surface area contributed by atoms with Crippen LogP contribution in [0.4, 0.5) is 0 Å². The van der Waals surface area contributed by atoms with Crippen molar-refractivity contribution in [3.8, 4) is 0 Å². The molecule has 0 amide bonds. The molecule has 0 saturated carbocycles. The molecule has 0 bridgehead atoms. The molecule has 1 heterocycles. The van der Waals surface area contributed by atoms with Crippen molar-refractivity contribution in [1.29, 1.82) is 0 Å². The van der Waals surface area contributed by atoms with Crippen LogP contribution in [0.1, 0.15) is 19.0 Å². The van der Waals surface area contributed by atoms with E-state index in [4.69, 9.17) is 4.74 Å². The van der Waals surface area contributed by atoms with E-state index >= 15 is 0 Å². The zero-order valence-corrected chi connectivity index (χ0v) is 12.8. The normalized spacial score (nSPS) is 13.7. The predicted octanol–water partition coefficient (Wildman–Crippen LogP) is 0.448. The van der Waals surface area contributed by atoms with E-state index in [1.165, 1.54) is 0 Å². The second kappa shape index (κ2) is 7.04. The monoisotopic (exact) mass is 289 g/mol. The second-order valence-corrected chi connectivity index (χ2v) is 6.33. The number of nitrogens with one attached hydrogen (secondary N) is 2. The van der Waals surface area contributed by atoms with Gasteiger partial charge in [0.25, 0.3) is 0 Å². The predicted molar refractivity (Wildman–Crippen MR) is 74.5 cm³/mol. The molecule has 1 rings (SSSR count). The minimum atomic E-state index is -3.46. The third-order valence-corrected chi connectivity index (χ3v) is 4.42. The molecule has 1 aromatic heterocycles. The summed E-state index contributed by atoms with van der Waals surface area (Å²) in [6, 6.07) is 1.53. The Morgan fingerprint density at radius 3 is 2.74 bits per heavy atom. The van der Waals surface area contributed by atoms with Crippen molar-refractivity contribution in [3.05, 3.63) is 18.0 Å². The van der Waals surface area contributed by atoms with Crippen LogP contribution >= 0.6 is 0 Å². The van der Waals surface area contributed by atoms with Gasteiger partial charge in [0.1, 0.15) is 0 Å². The first-order valence-electron chi connectivity index (χ1n) is 6.21. The topological polar surface area (TPSA) is 72.4 Å². The average molecular weight is 289 g/mol. The van der Waals surface area contributed by atoms with Crippen LogP contribution in [0.5, 0.6) is 0 Å². The molecule has 1 aromatic rings. The molecule has 0 aliphatic rings. The van der Waals surface area contributed by atoms with Crippen LogP contribution in [0.2, 0.25) is 0 Å². The fourth-order valence-corrected chi connectivity index (χ4v) is 3.14. The number of aryl methyl sites for hydroxylation is 1. The maximum absolute atomic E-state index is 12.2. The van der Waals surface area contributed by atoms with E-state index < -0.39 is 10.0 Å². The molecular weight excluding hydrogens is 266 g/mol. The molecule has 2 N–H and O–H groups in total. The summed E-state index contributed by atoms with van der Waals surface area (Å²) < 4.78 is 33.8. The van der Waals surface area contributed by atoms with Crippen molar-refractivity contribution >= 4 is 10.0 Å². The van der Waals surface area contributed by atoms with E-state index in [1.54, 1.807) is 19.4 Å². The third-order valence-electron chi connectivity index (χ3n) is 2.86. The maximum atomic E-state index is 12.2. The van der Waals surface area contributed by atoms with Gasteiger partial charge in [0.05, 0.1) is 4.90 Å². The number of aromatic nitrogens is 1. The van der Waals surface area contributed by atoms with Gasteiger partial charge in [0.2, 0.25) is 10.0 Å². The lowest BCUT2D eigenvalue weighted by Crippen LogP contribution is -2.33. The summed E-state index contributed by atoms with van der Waals surface area (Å²) in [6.07, 6.45) is 2.27. The first-order valence-corrected chi connectivity index (χ1v) is 7.70. The molecule has 0 aliphatic heterocycles. The van der Waals surface area contributed by atoms with Crippen LogP contribution in [0.3, 0.4) is 0 Å². The van der Waals surface area contributed by atoms with Gasteiger partial charge in [-0.05, 0) is 26.5 Å². The third kappa shape index (κ3) is 4.61. The SMILES string of the molecule is CNCc1cc(S(=O)(=O)NC(C)CCOC)cn1C. The molecule has 0 aliphatic carbocycles. The van der Waals surface area contributed by atoms with E-state index in [9.17, 15) is 8.42 Å². The Morgan fingerprint density at radius 2 is 2.16 bits per heavy atom. The Balaban J connectivity index is 2.79. The fourth-order valence-electron chi connectivity index (χ4n) is 1.77. The van der Waals surface area contributed by atoms with E-state index in [0.29, 0.717) is 24.5 Å². The highest BCUT2D eigenvalue weighted by Crippen LogP contribution is 2.14. The molecule has 0 saturated heterocycles. The van der Waals surface area contributed by atoms with E-state index in [-0.39, 0.29) is 6.04 Å². The van der Waals surface area contributed by atoms with Gasteiger partial charge in [-0.25, -0.2) is 13.1 Å². The van der Waals surface area contributed by atoms with Crippen molar-refractivity contribution in [2.24, 2.45) is 7.05 Å². The molecule has 0 fully saturated rings. The number of ether oxygens (including phenoxy) is 1. The van der Waals surface area contributed by atoms with Gasteiger partial charge in [-0.3, -0.25) is 0 Å². The molecule has 110 valence electrons. The summed E-state index contributed by atoms with van der Waals surface area (Å²) in [5.74, 6) is 0. The Bertz CT molecular complexity index is 496. The molecule has 0 spiro atoms. The molecule has 1 atom stereocenters. The van der Waals surface area contributed by atoms with Crippen molar-refractivity contribution in [2.45, 2.75) is 30.8 Å². The average Bonchev–Trinajstić information content (AvgIpc) is 2.69. The van der Waals surface area contributed by atoms with Crippen LogP contribution in [-0.4, -0.2) is 39.8 Å². The maximum Gasteiger partial charge on any atom is 0.242 e. The highest BCUT2D eigenvalue weighted by atomic mass is 32.2. The quantitative estimate of drug-likeness (QED) is 0.729. The van der Waals surface area contributed by atoms with Crippen molar-refractivity contribution in [1.82, 2.24) is 14.6 Å². The second-order valence-electron chi connectivity index (χ2n) is 4.61. The number of hydrogen-bond acceptors (Lipinski definition) is 4. The Morgan fingerprint density at radius 1 is 1.47 bits per heavy atom. The Hall–Kier alpha value is -0.890. The Kier molecular flexibility index (Phi) is 5.99. The Labute approximate surface area is 115 Å². The highest BCUT2D eigenvalue weighted by molar-refractivity contribution is 7.89. The van der Waals surface area contributed by atoms with Gasteiger partial charge in [-0.1, -0.05) is 0 Å². The number of rotatable bonds is 8. The number of methoxy groups -OCH3 is 1. The first-order chi connectivity index (χ1) is 8.90. The molecule has 0 radical (unpaired) electrons. The fraction of sp³-hybridized carbons (Fsp3) is 0.667. The lowest BCUT2D eigenvalue weighted by atomic mass is 10.3. The highest BCUT2D eigenvalue weighted by Gasteiger charge is 2.19. The van der Waals surface area contributed by atoms with Gasteiger partial charge in [-0.2, -0.15) is 0 Å². The summed E-state index contributed by atoms with van der Waals surface area (Å²) >= 11 is 0. The van der Waals surface area contributed by atoms with Crippen molar-refractivity contribution in [3.63, 3.8) is 0 Å². The number of sulfonamides is 1. The zero-order valence-electron chi connectivity index (χ0n) is 11.9. The molecular formula is C12H23N3O3S. The lowest BCUT2D eigenvalue weighted by molar-refractivity contribution is 0.188. The molecule has 19 heavy (non-hydrogen) atoms. The summed E-state index contributed by atoms with van der Waals surface area (Å²) in [7, 11) is 1.79. The van der Waals surface area contributed by atoms with Crippen LogP contribution in [0.15, 0.2) is 17.2 Å². The van der Waals surface area contributed by atoms with Crippen LogP contribution < -0.4 is 10.0 Å². The number of nitrogens with zero attached hydrogens (tertiary/aromatic N) is 1.